The third-order valence-corrected chi connectivity index (χ3v) is 6.34. The molecule has 8 heteroatoms. The van der Waals surface area contributed by atoms with Crippen LogP contribution in [0.25, 0.3) is 0 Å². The van der Waals surface area contributed by atoms with E-state index in [0.29, 0.717) is 6.42 Å². The molecule has 1 unspecified atom stereocenters. The number of benzene rings is 1. The quantitative estimate of drug-likeness (QED) is 0.399. The Morgan fingerprint density at radius 2 is 1.79 bits per heavy atom. The van der Waals surface area contributed by atoms with Gasteiger partial charge >= 0.3 is 7.60 Å². The van der Waals surface area contributed by atoms with Gasteiger partial charge in [-0.2, -0.15) is 0 Å². The Balaban J connectivity index is 0.000000578. The smallest absolute Gasteiger partial charge is 0.333 e. The van der Waals surface area contributed by atoms with Crippen molar-refractivity contribution >= 4 is 25.5 Å². The van der Waals surface area contributed by atoms with E-state index in [1.807, 2.05) is 52.1 Å². The van der Waals surface area contributed by atoms with E-state index >= 15 is 0 Å². The monoisotopic (exact) mass is 428 g/mol. The average molecular weight is 429 g/mol. The topological polar surface area (TPSA) is 105 Å². The van der Waals surface area contributed by atoms with Gasteiger partial charge in [-0.25, -0.2) is 0 Å². The summed E-state index contributed by atoms with van der Waals surface area (Å²) in [5.74, 6) is 0.131. The summed E-state index contributed by atoms with van der Waals surface area (Å²) in [6.07, 6.45) is 2.10. The molecule has 0 saturated heterocycles. The number of hydrogen-bond donors (Lipinski definition) is 3. The molecule has 3 N–H and O–H groups in total. The van der Waals surface area contributed by atoms with E-state index in [9.17, 15) is 19.0 Å². The fourth-order valence-corrected chi connectivity index (χ4v) is 2.68. The zero-order valence-corrected chi connectivity index (χ0v) is 19.6. The minimum Gasteiger partial charge on any atom is -0.388 e. The highest BCUT2D eigenvalue weighted by atomic mass is 31.2. The highest BCUT2D eigenvalue weighted by molar-refractivity contribution is 7.54. The first-order valence-electron chi connectivity index (χ1n) is 9.86. The molecule has 0 aliphatic heterocycles. The lowest BCUT2D eigenvalue weighted by molar-refractivity contribution is -0.124. The third kappa shape index (κ3) is 10.6. The van der Waals surface area contributed by atoms with Gasteiger partial charge in [0, 0.05) is 19.2 Å². The van der Waals surface area contributed by atoms with Gasteiger partial charge in [-0.15, -0.1) is 0 Å². The summed E-state index contributed by atoms with van der Waals surface area (Å²) < 4.78 is 17.0. The van der Waals surface area contributed by atoms with E-state index in [-0.39, 0.29) is 24.5 Å². The molecule has 2 atom stereocenters. The molecule has 0 fully saturated rings. The molecule has 1 aromatic carbocycles. The lowest BCUT2D eigenvalue weighted by Gasteiger charge is -2.25. The third-order valence-electron chi connectivity index (χ3n) is 4.17. The number of rotatable bonds is 9. The van der Waals surface area contributed by atoms with Crippen LogP contribution in [-0.4, -0.2) is 35.3 Å². The van der Waals surface area contributed by atoms with Gasteiger partial charge in [0.1, 0.15) is 6.29 Å². The van der Waals surface area contributed by atoms with E-state index in [0.717, 1.165) is 24.0 Å². The Kier molecular flexibility index (Phi) is 12.0. The number of nitrogens with one attached hydrogen (secondary N) is 2. The van der Waals surface area contributed by atoms with Crippen molar-refractivity contribution in [1.29, 1.82) is 0 Å². The molecule has 29 heavy (non-hydrogen) atoms. The molecule has 1 rings (SSSR count). The Bertz CT molecular complexity index is 669. The Morgan fingerprint density at radius 1 is 1.24 bits per heavy atom. The van der Waals surface area contributed by atoms with Crippen LogP contribution in [0.15, 0.2) is 24.3 Å². The highest BCUT2D eigenvalue weighted by Gasteiger charge is 2.36. The molecule has 0 aliphatic rings. The average Bonchev–Trinajstić information content (AvgIpc) is 2.64. The molecule has 0 radical (unpaired) electrons. The predicted molar refractivity (Wildman–Crippen MR) is 118 cm³/mol. The van der Waals surface area contributed by atoms with Gasteiger partial charge in [-0.3, -0.25) is 9.36 Å². The van der Waals surface area contributed by atoms with E-state index < -0.39 is 12.8 Å². The van der Waals surface area contributed by atoms with Crippen LogP contribution in [0.2, 0.25) is 0 Å². The van der Waals surface area contributed by atoms with Crippen LogP contribution in [0, 0.1) is 5.92 Å². The standard InChI is InChI=1S/C12H20NO3P.C9H17NO2/c1-12(2,3)17(14,15)16-9-10-5-7-11(13-4)8-6-10;1-4-5-9(12)10-8(6-11)7(2)3/h5-8,13H,9H2,1-4H3,(H,14,15);6-8H,4-5H2,1-3H3,(H,10,12)/t;8-/m.1/s1. The van der Waals surface area contributed by atoms with Crippen LogP contribution in [0.1, 0.15) is 59.9 Å². The first kappa shape index (κ1) is 27.3. The first-order valence-corrected chi connectivity index (χ1v) is 11.4. The summed E-state index contributed by atoms with van der Waals surface area (Å²) >= 11 is 0. The maximum Gasteiger partial charge on any atom is 0.333 e. The van der Waals surface area contributed by atoms with Crippen molar-refractivity contribution in [3.05, 3.63) is 29.8 Å². The highest BCUT2D eigenvalue weighted by Crippen LogP contribution is 2.55. The Hall–Kier alpha value is -1.69. The van der Waals surface area contributed by atoms with Crippen molar-refractivity contribution in [1.82, 2.24) is 5.32 Å². The van der Waals surface area contributed by atoms with Crippen molar-refractivity contribution in [3.63, 3.8) is 0 Å². The van der Waals surface area contributed by atoms with Gasteiger partial charge in [0.25, 0.3) is 0 Å². The van der Waals surface area contributed by atoms with Crippen LogP contribution >= 0.6 is 7.60 Å². The summed E-state index contributed by atoms with van der Waals surface area (Å²) in [6, 6.07) is 7.21. The molecule has 0 aromatic heterocycles. The molecule has 1 aromatic rings. The molecule has 7 nitrogen and oxygen atoms in total. The summed E-state index contributed by atoms with van der Waals surface area (Å²) in [4.78, 5) is 31.3. The van der Waals surface area contributed by atoms with E-state index in [1.54, 1.807) is 20.8 Å². The van der Waals surface area contributed by atoms with Crippen LogP contribution in [0.5, 0.6) is 0 Å². The Morgan fingerprint density at radius 3 is 2.17 bits per heavy atom. The van der Waals surface area contributed by atoms with E-state index in [2.05, 4.69) is 10.6 Å². The van der Waals surface area contributed by atoms with Gasteiger partial charge in [-0.1, -0.05) is 32.9 Å². The number of aldehydes is 1. The molecular formula is C21H37N2O5P. The van der Waals surface area contributed by atoms with Crippen molar-refractivity contribution in [2.24, 2.45) is 5.92 Å². The molecule has 0 heterocycles. The summed E-state index contributed by atoms with van der Waals surface area (Å²) in [7, 11) is -1.74. The summed E-state index contributed by atoms with van der Waals surface area (Å²) in [5, 5.41) is 4.91. The van der Waals surface area contributed by atoms with Gasteiger partial charge in [-0.05, 0) is 50.8 Å². The molecule has 1 amide bonds. The molecular weight excluding hydrogens is 391 g/mol. The minimum atomic E-state index is -3.58. The zero-order chi connectivity index (χ0) is 22.7. The first-order chi connectivity index (χ1) is 13.4. The predicted octanol–water partition coefficient (Wildman–Crippen LogP) is 4.36. The van der Waals surface area contributed by atoms with Crippen LogP contribution in [0.3, 0.4) is 0 Å². The fourth-order valence-electron chi connectivity index (χ4n) is 1.97. The van der Waals surface area contributed by atoms with Crippen LogP contribution in [0.4, 0.5) is 5.69 Å². The molecule has 166 valence electrons. The van der Waals surface area contributed by atoms with Gasteiger partial charge in [0.2, 0.25) is 5.91 Å². The maximum atomic E-state index is 11.9. The number of anilines is 1. The fraction of sp³-hybridized carbons (Fsp3) is 0.619. The largest absolute Gasteiger partial charge is 0.388 e. The minimum absolute atomic E-state index is 0.0386. The Labute approximate surface area is 175 Å². The number of carbonyl (C=O) groups is 2. The number of carbonyl (C=O) groups excluding carboxylic acids is 2. The van der Waals surface area contributed by atoms with Crippen molar-refractivity contribution < 1.29 is 23.6 Å². The van der Waals surface area contributed by atoms with Crippen LogP contribution < -0.4 is 10.6 Å². The summed E-state index contributed by atoms with van der Waals surface area (Å²) in [6.45, 7) is 11.0. The molecule has 0 saturated carbocycles. The second-order valence-electron chi connectivity index (χ2n) is 8.13. The van der Waals surface area contributed by atoms with E-state index in [4.69, 9.17) is 4.52 Å². The second-order valence-corrected chi connectivity index (χ2v) is 10.8. The number of amides is 1. The van der Waals surface area contributed by atoms with E-state index in [1.165, 1.54) is 0 Å². The molecule has 0 aliphatic carbocycles. The molecule has 0 spiro atoms. The van der Waals surface area contributed by atoms with Crippen molar-refractivity contribution in [3.8, 4) is 0 Å². The van der Waals surface area contributed by atoms with Crippen molar-refractivity contribution in [2.75, 3.05) is 12.4 Å². The van der Waals surface area contributed by atoms with Gasteiger partial charge in [0.05, 0.1) is 17.8 Å². The SMILES string of the molecule is CCCC(=O)N[C@H](C=O)C(C)C.CNc1ccc(COP(=O)(O)C(C)(C)C)cc1. The second kappa shape index (κ2) is 12.8. The summed E-state index contributed by atoms with van der Waals surface area (Å²) in [5.41, 5.74) is 1.87. The van der Waals surface area contributed by atoms with Crippen molar-refractivity contribution in [2.45, 2.75) is 72.2 Å². The zero-order valence-electron chi connectivity index (χ0n) is 18.7. The number of hydrogen-bond acceptors (Lipinski definition) is 5. The molecule has 0 bridgehead atoms. The van der Waals surface area contributed by atoms with Crippen LogP contribution in [-0.2, 0) is 25.3 Å². The van der Waals surface area contributed by atoms with Gasteiger partial charge < -0.3 is 24.8 Å². The lowest BCUT2D eigenvalue weighted by atomic mass is 10.1. The normalized spacial score (nSPS) is 14.2. The van der Waals surface area contributed by atoms with Gasteiger partial charge in [0.15, 0.2) is 0 Å². The maximum absolute atomic E-state index is 11.9. The lowest BCUT2D eigenvalue weighted by Crippen LogP contribution is -2.39.